The molecule has 0 spiro atoms. The molecule has 5 heteroatoms. The minimum absolute atomic E-state index is 0.000556. The van der Waals surface area contributed by atoms with Crippen LogP contribution in [0.2, 0.25) is 0 Å². The zero-order valence-electron chi connectivity index (χ0n) is 7.50. The number of hydrogen-bond acceptors (Lipinski definition) is 1. The van der Waals surface area contributed by atoms with Crippen molar-refractivity contribution in [2.24, 2.45) is 0 Å². The number of benzene rings is 1. The number of fused-ring (bicyclic) bond motifs is 1. The Morgan fingerprint density at radius 2 is 2.13 bits per heavy atom. The van der Waals surface area contributed by atoms with E-state index in [9.17, 15) is 13.6 Å². The second-order valence-electron chi connectivity index (χ2n) is 3.08. The molecular formula is C10H7F2NO2. The molecule has 2 N–H and O–H groups in total. The molecule has 0 atom stereocenters. The van der Waals surface area contributed by atoms with Crippen molar-refractivity contribution in [3.8, 4) is 0 Å². The molecule has 78 valence electrons. The predicted octanol–water partition coefficient (Wildman–Crippen LogP) is 2.80. The predicted molar refractivity (Wildman–Crippen MR) is 50.2 cm³/mol. The molecule has 0 bridgehead atoms. The number of carboxylic acids is 1. The van der Waals surface area contributed by atoms with Gasteiger partial charge in [-0.05, 0) is 6.07 Å². The lowest BCUT2D eigenvalue weighted by Gasteiger charge is -1.98. The highest BCUT2D eigenvalue weighted by atomic mass is 19.3. The van der Waals surface area contributed by atoms with Crippen LogP contribution in [0.1, 0.15) is 22.3 Å². The van der Waals surface area contributed by atoms with Gasteiger partial charge in [-0.3, -0.25) is 0 Å². The van der Waals surface area contributed by atoms with Crippen LogP contribution < -0.4 is 0 Å². The van der Waals surface area contributed by atoms with Gasteiger partial charge in [0.05, 0.1) is 11.1 Å². The van der Waals surface area contributed by atoms with E-state index in [1.807, 2.05) is 0 Å². The SMILES string of the molecule is O=C(O)c1cccc2c(C(F)F)c[nH]c12. The number of aromatic carboxylic acids is 1. The van der Waals surface area contributed by atoms with Gasteiger partial charge < -0.3 is 10.1 Å². The van der Waals surface area contributed by atoms with Crippen molar-refractivity contribution in [3.63, 3.8) is 0 Å². The summed E-state index contributed by atoms with van der Waals surface area (Å²) >= 11 is 0. The Kier molecular flexibility index (Phi) is 2.15. The molecule has 0 aliphatic rings. The Hall–Kier alpha value is -1.91. The fraction of sp³-hybridized carbons (Fsp3) is 0.100. The number of hydrogen-bond donors (Lipinski definition) is 2. The first-order valence-electron chi connectivity index (χ1n) is 4.22. The molecule has 0 aliphatic carbocycles. The monoisotopic (exact) mass is 211 g/mol. The Bertz CT molecular complexity index is 519. The Morgan fingerprint density at radius 3 is 2.73 bits per heavy atom. The fourth-order valence-corrected chi connectivity index (χ4v) is 1.53. The summed E-state index contributed by atoms with van der Waals surface area (Å²) in [7, 11) is 0. The van der Waals surface area contributed by atoms with Crippen LogP contribution in [0, 0.1) is 0 Å². The number of aromatic amines is 1. The van der Waals surface area contributed by atoms with Gasteiger partial charge in [-0.25, -0.2) is 13.6 Å². The average molecular weight is 211 g/mol. The zero-order chi connectivity index (χ0) is 11.0. The van der Waals surface area contributed by atoms with E-state index in [-0.39, 0.29) is 22.0 Å². The lowest BCUT2D eigenvalue weighted by Crippen LogP contribution is -1.96. The van der Waals surface area contributed by atoms with Crippen LogP contribution in [0.3, 0.4) is 0 Å². The molecular weight excluding hydrogens is 204 g/mol. The van der Waals surface area contributed by atoms with Crippen LogP contribution in [0.15, 0.2) is 24.4 Å². The van der Waals surface area contributed by atoms with E-state index in [4.69, 9.17) is 5.11 Å². The van der Waals surface area contributed by atoms with Gasteiger partial charge in [0.25, 0.3) is 6.43 Å². The lowest BCUT2D eigenvalue weighted by molar-refractivity contribution is 0.0698. The number of aromatic nitrogens is 1. The molecule has 0 radical (unpaired) electrons. The summed E-state index contributed by atoms with van der Waals surface area (Å²) in [6, 6.07) is 4.29. The summed E-state index contributed by atoms with van der Waals surface area (Å²) in [6.07, 6.45) is -1.47. The maximum Gasteiger partial charge on any atom is 0.337 e. The third-order valence-electron chi connectivity index (χ3n) is 2.21. The molecule has 0 amide bonds. The lowest BCUT2D eigenvalue weighted by atomic mass is 10.1. The molecule has 2 aromatic rings. The molecule has 0 unspecified atom stereocenters. The zero-order valence-corrected chi connectivity index (χ0v) is 7.50. The first kappa shape index (κ1) is 9.64. The molecule has 1 aromatic heterocycles. The number of para-hydroxylation sites is 1. The third-order valence-corrected chi connectivity index (χ3v) is 2.21. The minimum Gasteiger partial charge on any atom is -0.478 e. The van der Waals surface area contributed by atoms with Crippen molar-refractivity contribution < 1.29 is 18.7 Å². The summed E-state index contributed by atoms with van der Waals surface area (Å²) in [5.41, 5.74) is 0.0628. The number of nitrogens with one attached hydrogen (secondary N) is 1. The van der Waals surface area contributed by atoms with Crippen molar-refractivity contribution in [2.75, 3.05) is 0 Å². The summed E-state index contributed by atoms with van der Waals surface area (Å²) in [6.45, 7) is 0. The van der Waals surface area contributed by atoms with Crippen molar-refractivity contribution in [3.05, 3.63) is 35.5 Å². The highest BCUT2D eigenvalue weighted by molar-refractivity contribution is 6.03. The molecule has 0 saturated carbocycles. The van der Waals surface area contributed by atoms with E-state index < -0.39 is 12.4 Å². The average Bonchev–Trinajstić information content (AvgIpc) is 2.59. The summed E-state index contributed by atoms with van der Waals surface area (Å²) in [5, 5.41) is 9.08. The van der Waals surface area contributed by atoms with Crippen LogP contribution in [0.4, 0.5) is 8.78 Å². The summed E-state index contributed by atoms with van der Waals surface area (Å²) < 4.78 is 25.0. The van der Waals surface area contributed by atoms with E-state index in [1.54, 1.807) is 0 Å². The number of alkyl halides is 2. The first-order valence-corrected chi connectivity index (χ1v) is 4.22. The largest absolute Gasteiger partial charge is 0.478 e. The summed E-state index contributed by atoms with van der Waals surface area (Å²) in [5.74, 6) is -1.14. The molecule has 0 aliphatic heterocycles. The fourth-order valence-electron chi connectivity index (χ4n) is 1.53. The third kappa shape index (κ3) is 1.45. The quantitative estimate of drug-likeness (QED) is 0.802. The van der Waals surface area contributed by atoms with Gasteiger partial charge in [0.2, 0.25) is 0 Å². The van der Waals surface area contributed by atoms with Crippen molar-refractivity contribution >= 4 is 16.9 Å². The second-order valence-corrected chi connectivity index (χ2v) is 3.08. The van der Waals surface area contributed by atoms with Gasteiger partial charge in [0.1, 0.15) is 0 Å². The topological polar surface area (TPSA) is 53.1 Å². The number of carboxylic acid groups (broad SMARTS) is 1. The van der Waals surface area contributed by atoms with Crippen LogP contribution >= 0.6 is 0 Å². The number of rotatable bonds is 2. The highest BCUT2D eigenvalue weighted by Crippen LogP contribution is 2.29. The minimum atomic E-state index is -2.61. The Balaban J connectivity index is 2.74. The Labute approximate surface area is 83.3 Å². The maximum atomic E-state index is 12.5. The molecule has 1 heterocycles. The van der Waals surface area contributed by atoms with Crippen molar-refractivity contribution in [1.29, 1.82) is 0 Å². The van der Waals surface area contributed by atoms with Crippen LogP contribution in [0.5, 0.6) is 0 Å². The smallest absolute Gasteiger partial charge is 0.337 e. The van der Waals surface area contributed by atoms with E-state index in [2.05, 4.69) is 4.98 Å². The standard InChI is InChI=1S/C10H7F2NO2/c11-9(12)7-4-13-8-5(7)2-1-3-6(8)10(14)15/h1-4,9,13H,(H,14,15). The second kappa shape index (κ2) is 3.34. The highest BCUT2D eigenvalue weighted by Gasteiger charge is 2.16. The molecule has 3 nitrogen and oxygen atoms in total. The van der Waals surface area contributed by atoms with Gasteiger partial charge in [0.15, 0.2) is 0 Å². The van der Waals surface area contributed by atoms with E-state index in [0.29, 0.717) is 0 Å². The van der Waals surface area contributed by atoms with Crippen molar-refractivity contribution in [2.45, 2.75) is 6.43 Å². The molecule has 1 aromatic carbocycles. The number of carbonyl (C=O) groups is 1. The van der Waals surface area contributed by atoms with E-state index >= 15 is 0 Å². The normalized spacial score (nSPS) is 11.1. The van der Waals surface area contributed by atoms with Crippen LogP contribution in [0.25, 0.3) is 10.9 Å². The molecule has 0 saturated heterocycles. The van der Waals surface area contributed by atoms with Crippen LogP contribution in [-0.4, -0.2) is 16.1 Å². The van der Waals surface area contributed by atoms with E-state index in [1.165, 1.54) is 18.2 Å². The van der Waals surface area contributed by atoms with Gasteiger partial charge in [-0.1, -0.05) is 12.1 Å². The van der Waals surface area contributed by atoms with Crippen LogP contribution in [-0.2, 0) is 0 Å². The maximum absolute atomic E-state index is 12.5. The Morgan fingerprint density at radius 1 is 1.40 bits per heavy atom. The molecule has 15 heavy (non-hydrogen) atoms. The molecule has 0 fully saturated rings. The number of H-pyrrole nitrogens is 1. The van der Waals surface area contributed by atoms with Gasteiger partial charge in [0, 0.05) is 17.1 Å². The number of halogens is 2. The molecule has 2 rings (SSSR count). The van der Waals surface area contributed by atoms with Gasteiger partial charge >= 0.3 is 5.97 Å². The van der Waals surface area contributed by atoms with Crippen molar-refractivity contribution in [1.82, 2.24) is 4.98 Å². The van der Waals surface area contributed by atoms with Gasteiger partial charge in [-0.15, -0.1) is 0 Å². The van der Waals surface area contributed by atoms with Gasteiger partial charge in [-0.2, -0.15) is 0 Å². The van der Waals surface area contributed by atoms with E-state index in [0.717, 1.165) is 6.20 Å². The summed E-state index contributed by atoms with van der Waals surface area (Å²) in [4.78, 5) is 13.3. The first-order chi connectivity index (χ1) is 7.11.